The lowest BCUT2D eigenvalue weighted by molar-refractivity contribution is -0.133. The average Bonchev–Trinajstić information content (AvgIpc) is 2.61. The second-order valence-electron chi connectivity index (χ2n) is 3.77. The third kappa shape index (κ3) is 3.78. The number of rotatable bonds is 6. The molecule has 0 amide bonds. The van der Waals surface area contributed by atoms with Crippen LogP contribution >= 0.6 is 11.8 Å². The van der Waals surface area contributed by atoms with Crippen LogP contribution in [0.15, 0.2) is 5.16 Å². The molecule has 0 aromatic carbocycles. The van der Waals surface area contributed by atoms with Crippen LogP contribution in [0, 0.1) is 0 Å². The number of aliphatic carboxylic acids is 1. The fourth-order valence-corrected chi connectivity index (χ4v) is 1.55. The first kappa shape index (κ1) is 12.9. The third-order valence-corrected chi connectivity index (χ3v) is 2.85. The highest BCUT2D eigenvalue weighted by Crippen LogP contribution is 2.17. The summed E-state index contributed by atoms with van der Waals surface area (Å²) in [4.78, 5) is 10.4. The number of tetrazole rings is 1. The van der Waals surface area contributed by atoms with Crippen LogP contribution in [0.1, 0.15) is 13.8 Å². The smallest absolute Gasteiger partial charge is 0.313 e. The van der Waals surface area contributed by atoms with Gasteiger partial charge in [-0.15, -0.1) is 5.10 Å². The molecular weight excluding hydrogens is 232 g/mol. The summed E-state index contributed by atoms with van der Waals surface area (Å²) in [5.41, 5.74) is -0.395. The highest BCUT2D eigenvalue weighted by atomic mass is 32.2. The first-order valence-corrected chi connectivity index (χ1v) is 5.59. The van der Waals surface area contributed by atoms with Crippen LogP contribution in [0.25, 0.3) is 0 Å². The van der Waals surface area contributed by atoms with Gasteiger partial charge in [0, 0.05) is 7.11 Å². The summed E-state index contributed by atoms with van der Waals surface area (Å²) in [5, 5.41) is 20.1. The minimum absolute atomic E-state index is 0.0617. The maximum atomic E-state index is 10.4. The lowest BCUT2D eigenvalue weighted by Gasteiger charge is -2.22. The number of ether oxygens (including phenoxy) is 1. The molecule has 0 radical (unpaired) electrons. The Morgan fingerprint density at radius 3 is 2.88 bits per heavy atom. The third-order valence-electron chi connectivity index (χ3n) is 1.91. The molecule has 1 aromatic heterocycles. The molecule has 0 aliphatic rings. The molecule has 0 spiro atoms. The largest absolute Gasteiger partial charge is 0.481 e. The van der Waals surface area contributed by atoms with Crippen molar-refractivity contribution in [3.8, 4) is 0 Å². The van der Waals surface area contributed by atoms with Gasteiger partial charge in [0.2, 0.25) is 5.16 Å². The summed E-state index contributed by atoms with van der Waals surface area (Å²) in [7, 11) is 1.61. The van der Waals surface area contributed by atoms with Gasteiger partial charge in [0.05, 0.1) is 17.9 Å². The summed E-state index contributed by atoms with van der Waals surface area (Å²) in [6.45, 7) is 4.28. The fraction of sp³-hybridized carbons (Fsp3) is 0.750. The highest BCUT2D eigenvalue weighted by Gasteiger charge is 2.20. The molecule has 0 aliphatic carbocycles. The van der Waals surface area contributed by atoms with E-state index >= 15 is 0 Å². The van der Waals surface area contributed by atoms with Crippen molar-refractivity contribution in [2.75, 3.05) is 12.9 Å². The Balaban J connectivity index is 2.67. The summed E-state index contributed by atoms with van der Waals surface area (Å²) in [6, 6.07) is 0. The van der Waals surface area contributed by atoms with Crippen LogP contribution in [-0.4, -0.2) is 49.7 Å². The van der Waals surface area contributed by atoms with E-state index in [-0.39, 0.29) is 5.75 Å². The molecule has 0 aliphatic heterocycles. The summed E-state index contributed by atoms with van der Waals surface area (Å²) in [6.07, 6.45) is 0. The van der Waals surface area contributed by atoms with E-state index in [9.17, 15) is 4.79 Å². The van der Waals surface area contributed by atoms with Crippen molar-refractivity contribution in [2.45, 2.75) is 31.1 Å². The van der Waals surface area contributed by atoms with Crippen LogP contribution in [0.5, 0.6) is 0 Å². The zero-order valence-electron chi connectivity index (χ0n) is 9.38. The van der Waals surface area contributed by atoms with Crippen LogP contribution < -0.4 is 0 Å². The van der Waals surface area contributed by atoms with Gasteiger partial charge >= 0.3 is 5.97 Å². The summed E-state index contributed by atoms with van der Waals surface area (Å²) < 4.78 is 6.79. The van der Waals surface area contributed by atoms with Crippen molar-refractivity contribution in [2.24, 2.45) is 0 Å². The lowest BCUT2D eigenvalue weighted by Crippen LogP contribution is -2.30. The molecule has 1 rings (SSSR count). The van der Waals surface area contributed by atoms with Gasteiger partial charge in [-0.3, -0.25) is 4.79 Å². The predicted molar refractivity (Wildman–Crippen MR) is 57.3 cm³/mol. The molecule has 0 atom stereocenters. The molecule has 0 saturated carbocycles. The number of hydrogen-bond donors (Lipinski definition) is 1. The monoisotopic (exact) mass is 246 g/mol. The van der Waals surface area contributed by atoms with E-state index in [0.717, 1.165) is 11.8 Å². The molecule has 1 N–H and O–H groups in total. The van der Waals surface area contributed by atoms with Crippen LogP contribution in [0.3, 0.4) is 0 Å². The molecule has 0 fully saturated rings. The molecule has 1 aromatic rings. The Morgan fingerprint density at radius 2 is 2.31 bits per heavy atom. The highest BCUT2D eigenvalue weighted by molar-refractivity contribution is 7.99. The minimum Gasteiger partial charge on any atom is -0.481 e. The van der Waals surface area contributed by atoms with Crippen molar-refractivity contribution in [3.05, 3.63) is 0 Å². The number of methoxy groups -OCH3 is 1. The number of carboxylic acid groups (broad SMARTS) is 1. The maximum absolute atomic E-state index is 10.4. The van der Waals surface area contributed by atoms with E-state index in [1.165, 1.54) is 4.68 Å². The number of carbonyl (C=O) groups is 1. The van der Waals surface area contributed by atoms with E-state index in [2.05, 4.69) is 15.5 Å². The molecule has 90 valence electrons. The van der Waals surface area contributed by atoms with E-state index < -0.39 is 11.6 Å². The lowest BCUT2D eigenvalue weighted by atomic mass is 10.1. The van der Waals surface area contributed by atoms with Gasteiger partial charge < -0.3 is 9.84 Å². The standard InChI is InChI=1S/C8H14N4O3S/c1-8(2,15-3)5-12-7(9-10-11-12)16-4-6(13)14/h4-5H2,1-3H3,(H,13,14). The SMILES string of the molecule is COC(C)(C)Cn1nnnc1SCC(=O)O. The quantitative estimate of drug-likeness (QED) is 0.721. The number of thioether (sulfide) groups is 1. The molecule has 0 saturated heterocycles. The maximum Gasteiger partial charge on any atom is 0.313 e. The number of nitrogens with zero attached hydrogens (tertiary/aromatic N) is 4. The first-order valence-electron chi connectivity index (χ1n) is 4.60. The van der Waals surface area contributed by atoms with E-state index in [1.54, 1.807) is 7.11 Å². The van der Waals surface area contributed by atoms with Crippen molar-refractivity contribution in [1.82, 2.24) is 20.2 Å². The second-order valence-corrected chi connectivity index (χ2v) is 4.71. The number of hydrogen-bond acceptors (Lipinski definition) is 6. The van der Waals surface area contributed by atoms with Crippen molar-refractivity contribution in [3.63, 3.8) is 0 Å². The zero-order valence-corrected chi connectivity index (χ0v) is 10.2. The first-order chi connectivity index (χ1) is 7.44. The van der Waals surface area contributed by atoms with Gasteiger partial charge in [-0.1, -0.05) is 11.8 Å². The van der Waals surface area contributed by atoms with E-state index in [0.29, 0.717) is 11.7 Å². The van der Waals surface area contributed by atoms with Crippen LogP contribution in [-0.2, 0) is 16.1 Å². The minimum atomic E-state index is -0.898. The van der Waals surface area contributed by atoms with Gasteiger partial charge in [-0.25, -0.2) is 4.68 Å². The number of aromatic nitrogens is 4. The molecule has 7 nitrogen and oxygen atoms in total. The zero-order chi connectivity index (χ0) is 12.2. The topological polar surface area (TPSA) is 90.1 Å². The predicted octanol–water partition coefficient (Wildman–Crippen LogP) is 0.275. The van der Waals surface area contributed by atoms with Gasteiger partial charge in [0.15, 0.2) is 0 Å². The van der Waals surface area contributed by atoms with Gasteiger partial charge in [0.1, 0.15) is 0 Å². The van der Waals surface area contributed by atoms with Gasteiger partial charge in [0.25, 0.3) is 0 Å². The van der Waals surface area contributed by atoms with Gasteiger partial charge in [-0.2, -0.15) is 0 Å². The fourth-order valence-electron chi connectivity index (χ4n) is 0.951. The van der Waals surface area contributed by atoms with E-state index in [4.69, 9.17) is 9.84 Å². The molecule has 0 unspecified atom stereocenters. The Morgan fingerprint density at radius 1 is 1.62 bits per heavy atom. The molecule has 0 bridgehead atoms. The van der Waals surface area contributed by atoms with Crippen LogP contribution in [0.4, 0.5) is 0 Å². The molecule has 1 heterocycles. The number of carboxylic acids is 1. The summed E-state index contributed by atoms with van der Waals surface area (Å²) >= 11 is 1.08. The van der Waals surface area contributed by atoms with E-state index in [1.807, 2.05) is 13.8 Å². The molecule has 16 heavy (non-hydrogen) atoms. The van der Waals surface area contributed by atoms with Crippen LogP contribution in [0.2, 0.25) is 0 Å². The Bertz CT molecular complexity index is 366. The Labute approximate surface area is 97.2 Å². The van der Waals surface area contributed by atoms with Crippen molar-refractivity contribution < 1.29 is 14.6 Å². The molecule has 8 heteroatoms. The Hall–Kier alpha value is -1.15. The Kier molecular flexibility index (Phi) is 4.25. The van der Waals surface area contributed by atoms with Crippen molar-refractivity contribution >= 4 is 17.7 Å². The molecular formula is C8H14N4O3S. The second kappa shape index (κ2) is 5.26. The normalized spacial score (nSPS) is 11.7. The average molecular weight is 246 g/mol. The summed E-state index contributed by atoms with van der Waals surface area (Å²) in [5.74, 6) is -0.959. The van der Waals surface area contributed by atoms with Gasteiger partial charge in [-0.05, 0) is 24.3 Å². The van der Waals surface area contributed by atoms with Crippen molar-refractivity contribution in [1.29, 1.82) is 0 Å².